The lowest BCUT2D eigenvalue weighted by Crippen LogP contribution is -2.26. The number of benzene rings is 2. The van der Waals surface area contributed by atoms with Crippen LogP contribution in [0.25, 0.3) is 0 Å². The zero-order valence-electron chi connectivity index (χ0n) is 11.7. The average Bonchev–Trinajstić information content (AvgIpc) is 2.47. The number of carbonyl (C=O) groups is 1. The van der Waals surface area contributed by atoms with Crippen LogP contribution in [0, 0.1) is 0 Å². The molecule has 2 rings (SSSR count). The van der Waals surface area contributed by atoms with Crippen molar-refractivity contribution in [3.05, 3.63) is 58.6 Å². The van der Waals surface area contributed by atoms with Crippen molar-refractivity contribution in [2.75, 3.05) is 19.4 Å². The second-order valence-electron chi connectivity index (χ2n) is 4.56. The molecule has 4 nitrogen and oxygen atoms in total. The molecular formula is C16H17ClN2O2. The molecule has 1 amide bonds. The normalized spacial score (nSPS) is 10.2. The Morgan fingerprint density at radius 2 is 2.05 bits per heavy atom. The van der Waals surface area contributed by atoms with E-state index in [1.165, 1.54) is 0 Å². The Morgan fingerprint density at radius 3 is 2.76 bits per heavy atom. The maximum Gasteiger partial charge on any atom is 0.252 e. The van der Waals surface area contributed by atoms with E-state index < -0.39 is 0 Å². The first-order valence-electron chi connectivity index (χ1n) is 6.57. The molecule has 0 aliphatic carbocycles. The quantitative estimate of drug-likeness (QED) is 0.835. The number of methoxy groups -OCH3 is 1. The smallest absolute Gasteiger partial charge is 0.252 e. The minimum Gasteiger partial charge on any atom is -0.496 e. The molecule has 110 valence electrons. The average molecular weight is 305 g/mol. The van der Waals surface area contributed by atoms with Crippen LogP contribution >= 0.6 is 11.6 Å². The number of hydrogen-bond donors (Lipinski definition) is 2. The Balaban J connectivity index is 1.95. The van der Waals surface area contributed by atoms with E-state index in [0.29, 0.717) is 29.2 Å². The summed E-state index contributed by atoms with van der Waals surface area (Å²) in [6.45, 7) is 0.500. The van der Waals surface area contributed by atoms with Crippen molar-refractivity contribution < 1.29 is 9.53 Å². The predicted octanol–water partition coefficient (Wildman–Crippen LogP) is 2.90. The van der Waals surface area contributed by atoms with E-state index in [2.05, 4.69) is 5.32 Å². The van der Waals surface area contributed by atoms with Gasteiger partial charge in [-0.2, -0.15) is 0 Å². The van der Waals surface area contributed by atoms with Crippen molar-refractivity contribution >= 4 is 23.2 Å². The summed E-state index contributed by atoms with van der Waals surface area (Å²) in [6.07, 6.45) is 0.683. The Hall–Kier alpha value is -2.20. The SMILES string of the molecule is COc1ccccc1CCNC(=O)c1ccc(N)cc1Cl. The first-order valence-corrected chi connectivity index (χ1v) is 6.94. The van der Waals surface area contributed by atoms with Crippen LogP contribution in [0.4, 0.5) is 5.69 Å². The van der Waals surface area contributed by atoms with Crippen LogP contribution in [0.1, 0.15) is 15.9 Å². The van der Waals surface area contributed by atoms with Crippen LogP contribution in [0.5, 0.6) is 5.75 Å². The number of rotatable bonds is 5. The molecule has 2 aromatic rings. The van der Waals surface area contributed by atoms with Gasteiger partial charge < -0.3 is 15.8 Å². The third-order valence-corrected chi connectivity index (χ3v) is 3.42. The van der Waals surface area contributed by atoms with Crippen LogP contribution < -0.4 is 15.8 Å². The van der Waals surface area contributed by atoms with Crippen LogP contribution in [0.3, 0.4) is 0 Å². The van der Waals surface area contributed by atoms with Crippen molar-refractivity contribution in [2.24, 2.45) is 0 Å². The van der Waals surface area contributed by atoms with Gasteiger partial charge in [0.1, 0.15) is 5.75 Å². The highest BCUT2D eigenvalue weighted by atomic mass is 35.5. The number of amides is 1. The molecule has 0 aliphatic heterocycles. The standard InChI is InChI=1S/C16H17ClN2O2/c1-21-15-5-3-2-4-11(15)8-9-19-16(20)13-7-6-12(18)10-14(13)17/h2-7,10H,8-9,18H2,1H3,(H,19,20). The van der Waals surface area contributed by atoms with E-state index in [1.54, 1.807) is 25.3 Å². The summed E-state index contributed by atoms with van der Waals surface area (Å²) in [5, 5.41) is 3.19. The number of hydrogen-bond acceptors (Lipinski definition) is 3. The molecule has 0 spiro atoms. The molecule has 0 saturated heterocycles. The van der Waals surface area contributed by atoms with Crippen molar-refractivity contribution in [3.8, 4) is 5.75 Å². The monoisotopic (exact) mass is 304 g/mol. The largest absolute Gasteiger partial charge is 0.496 e. The number of nitrogens with one attached hydrogen (secondary N) is 1. The van der Waals surface area contributed by atoms with Crippen LogP contribution in [0.2, 0.25) is 5.02 Å². The molecule has 2 aromatic carbocycles. The third-order valence-electron chi connectivity index (χ3n) is 3.11. The second-order valence-corrected chi connectivity index (χ2v) is 4.96. The molecule has 21 heavy (non-hydrogen) atoms. The number of anilines is 1. The number of carbonyl (C=O) groups excluding carboxylic acids is 1. The maximum absolute atomic E-state index is 12.1. The molecule has 0 unspecified atom stereocenters. The fourth-order valence-corrected chi connectivity index (χ4v) is 2.31. The topological polar surface area (TPSA) is 64.3 Å². The minimum absolute atomic E-state index is 0.213. The number of nitrogens with two attached hydrogens (primary N) is 1. The molecular weight excluding hydrogens is 288 g/mol. The molecule has 0 bridgehead atoms. The molecule has 0 aromatic heterocycles. The van der Waals surface area contributed by atoms with Crippen molar-refractivity contribution in [1.29, 1.82) is 0 Å². The summed E-state index contributed by atoms with van der Waals surface area (Å²) >= 11 is 6.01. The fraction of sp³-hybridized carbons (Fsp3) is 0.188. The van der Waals surface area contributed by atoms with E-state index in [0.717, 1.165) is 11.3 Å². The van der Waals surface area contributed by atoms with Crippen molar-refractivity contribution in [3.63, 3.8) is 0 Å². The Kier molecular flexibility index (Phi) is 5.06. The molecule has 3 N–H and O–H groups in total. The van der Waals surface area contributed by atoms with Gasteiger partial charge in [-0.1, -0.05) is 29.8 Å². The zero-order chi connectivity index (χ0) is 15.2. The number of para-hydroxylation sites is 1. The summed E-state index contributed by atoms with van der Waals surface area (Å²) in [4.78, 5) is 12.1. The lowest BCUT2D eigenvalue weighted by molar-refractivity contribution is 0.0954. The molecule has 0 fully saturated rings. The first kappa shape index (κ1) is 15.2. The summed E-state index contributed by atoms with van der Waals surface area (Å²) in [5.41, 5.74) is 7.61. The van der Waals surface area contributed by atoms with Crippen molar-refractivity contribution in [1.82, 2.24) is 5.32 Å². The maximum atomic E-state index is 12.1. The van der Waals surface area contributed by atoms with Crippen LogP contribution in [-0.4, -0.2) is 19.6 Å². The van der Waals surface area contributed by atoms with Gasteiger partial charge in [-0.25, -0.2) is 0 Å². The van der Waals surface area contributed by atoms with E-state index in [-0.39, 0.29) is 5.91 Å². The number of halogens is 1. The summed E-state index contributed by atoms with van der Waals surface area (Å²) in [6, 6.07) is 12.6. The van der Waals surface area contributed by atoms with Gasteiger partial charge >= 0.3 is 0 Å². The third kappa shape index (κ3) is 3.89. The van der Waals surface area contributed by atoms with Crippen molar-refractivity contribution in [2.45, 2.75) is 6.42 Å². The fourth-order valence-electron chi connectivity index (χ4n) is 2.03. The van der Waals surface area contributed by atoms with Gasteiger partial charge in [0.25, 0.3) is 5.91 Å². The van der Waals surface area contributed by atoms with Gasteiger partial charge in [0.2, 0.25) is 0 Å². The van der Waals surface area contributed by atoms with Gasteiger partial charge in [0.15, 0.2) is 0 Å². The van der Waals surface area contributed by atoms with E-state index in [4.69, 9.17) is 22.1 Å². The summed E-state index contributed by atoms with van der Waals surface area (Å²) in [7, 11) is 1.63. The lowest BCUT2D eigenvalue weighted by Gasteiger charge is -2.10. The molecule has 5 heteroatoms. The van der Waals surface area contributed by atoms with Crippen LogP contribution in [-0.2, 0) is 6.42 Å². The molecule has 0 heterocycles. The highest BCUT2D eigenvalue weighted by Gasteiger charge is 2.10. The predicted molar refractivity (Wildman–Crippen MR) is 84.9 cm³/mol. The van der Waals surface area contributed by atoms with Crippen LogP contribution in [0.15, 0.2) is 42.5 Å². The molecule has 0 atom stereocenters. The second kappa shape index (κ2) is 6.99. The highest BCUT2D eigenvalue weighted by Crippen LogP contribution is 2.19. The zero-order valence-corrected chi connectivity index (χ0v) is 12.5. The Morgan fingerprint density at radius 1 is 1.29 bits per heavy atom. The number of ether oxygens (including phenoxy) is 1. The lowest BCUT2D eigenvalue weighted by atomic mass is 10.1. The summed E-state index contributed by atoms with van der Waals surface area (Å²) in [5.74, 6) is 0.604. The highest BCUT2D eigenvalue weighted by molar-refractivity contribution is 6.34. The van der Waals surface area contributed by atoms with Gasteiger partial charge in [-0.15, -0.1) is 0 Å². The van der Waals surface area contributed by atoms with Gasteiger partial charge in [0, 0.05) is 12.2 Å². The van der Waals surface area contributed by atoms with Gasteiger partial charge in [0.05, 0.1) is 17.7 Å². The first-order chi connectivity index (χ1) is 10.1. The van der Waals surface area contributed by atoms with Gasteiger partial charge in [-0.05, 0) is 36.2 Å². The van der Waals surface area contributed by atoms with Gasteiger partial charge in [-0.3, -0.25) is 4.79 Å². The Labute approximate surface area is 128 Å². The minimum atomic E-state index is -0.213. The molecule has 0 saturated carbocycles. The number of nitrogen functional groups attached to an aromatic ring is 1. The summed E-state index contributed by atoms with van der Waals surface area (Å²) < 4.78 is 5.27. The van der Waals surface area contributed by atoms with E-state index in [9.17, 15) is 4.79 Å². The Bertz CT molecular complexity index is 644. The molecule has 0 aliphatic rings. The van der Waals surface area contributed by atoms with E-state index in [1.807, 2.05) is 24.3 Å². The molecule has 0 radical (unpaired) electrons. The van der Waals surface area contributed by atoms with E-state index >= 15 is 0 Å².